The molecule has 2 rings (SSSR count). The molecule has 0 spiro atoms. The van der Waals surface area contributed by atoms with E-state index < -0.39 is 14.8 Å². The molecular weight excluding hydrogens is 330 g/mol. The van der Waals surface area contributed by atoms with Gasteiger partial charge in [0.15, 0.2) is 14.2 Å². The average molecular weight is 337 g/mol. The van der Waals surface area contributed by atoms with Crippen molar-refractivity contribution in [2.45, 2.75) is 19.7 Å². The van der Waals surface area contributed by atoms with Gasteiger partial charge in [-0.3, -0.25) is 10.1 Å². The number of rotatable bonds is 4. The molecule has 0 aliphatic rings. The smallest absolute Gasteiger partial charge is 0.258 e. The summed E-state index contributed by atoms with van der Waals surface area (Å²) in [4.78, 5) is 10.3. The third kappa shape index (κ3) is 3.29. The number of aromatic nitrogens is 2. The summed E-state index contributed by atoms with van der Waals surface area (Å²) in [5.74, 6) is 0. The van der Waals surface area contributed by atoms with Crippen LogP contribution in [0, 0.1) is 17.0 Å². The van der Waals surface area contributed by atoms with E-state index in [9.17, 15) is 18.5 Å². The second kappa shape index (κ2) is 5.15. The van der Waals surface area contributed by atoms with Crippen LogP contribution >= 0.6 is 34.4 Å². The van der Waals surface area contributed by atoms with E-state index in [1.807, 2.05) is 0 Å². The first-order valence-electron chi connectivity index (χ1n) is 4.73. The summed E-state index contributed by atoms with van der Waals surface area (Å²) in [7, 11) is -3.46. The SMILES string of the molecule is Cc1nnc(Sc2sc(S(C)(=O)=O)cc2[N+](=O)[O-])s1. The number of nitro groups is 1. The van der Waals surface area contributed by atoms with Gasteiger partial charge < -0.3 is 0 Å². The van der Waals surface area contributed by atoms with Crippen LogP contribution in [0.2, 0.25) is 0 Å². The molecule has 0 saturated carbocycles. The molecule has 0 fully saturated rings. The predicted octanol–water partition coefficient (Wildman–Crippen LogP) is 2.37. The lowest BCUT2D eigenvalue weighted by Crippen LogP contribution is -1.92. The van der Waals surface area contributed by atoms with Gasteiger partial charge in [-0.25, -0.2) is 8.42 Å². The van der Waals surface area contributed by atoms with Gasteiger partial charge in [0.1, 0.15) is 13.4 Å². The third-order valence-corrected chi connectivity index (χ3v) is 6.91. The molecule has 0 amide bonds. The lowest BCUT2D eigenvalue weighted by molar-refractivity contribution is -0.387. The highest BCUT2D eigenvalue weighted by molar-refractivity contribution is 8.03. The van der Waals surface area contributed by atoms with Crippen LogP contribution in [0.15, 0.2) is 18.8 Å². The van der Waals surface area contributed by atoms with Crippen LogP contribution in [0.25, 0.3) is 0 Å². The summed E-state index contributed by atoms with van der Waals surface area (Å²) in [6.07, 6.45) is 1.02. The molecule has 0 unspecified atom stereocenters. The van der Waals surface area contributed by atoms with Crippen LogP contribution < -0.4 is 0 Å². The molecule has 7 nitrogen and oxygen atoms in total. The molecule has 2 aromatic rings. The van der Waals surface area contributed by atoms with Crippen molar-refractivity contribution in [2.75, 3.05) is 6.26 Å². The molecular formula is C8H7N3O4S4. The van der Waals surface area contributed by atoms with Crippen molar-refractivity contribution >= 4 is 50.0 Å². The molecule has 0 aliphatic heterocycles. The predicted molar refractivity (Wildman–Crippen MR) is 72.9 cm³/mol. The third-order valence-electron chi connectivity index (χ3n) is 1.91. The Bertz CT molecular complexity index is 733. The maximum absolute atomic E-state index is 11.4. The fraction of sp³-hybridized carbons (Fsp3) is 0.250. The molecule has 102 valence electrons. The molecule has 0 N–H and O–H groups in total. The Labute approximate surface area is 120 Å². The molecule has 0 bridgehead atoms. The summed E-state index contributed by atoms with van der Waals surface area (Å²) in [6.45, 7) is 1.77. The van der Waals surface area contributed by atoms with Crippen LogP contribution in [0.1, 0.15) is 5.01 Å². The molecule has 2 aromatic heterocycles. The maximum Gasteiger partial charge on any atom is 0.295 e. The summed E-state index contributed by atoms with van der Waals surface area (Å²) in [5, 5.41) is 19.3. The van der Waals surface area contributed by atoms with E-state index in [-0.39, 0.29) is 9.90 Å². The van der Waals surface area contributed by atoms with Crippen LogP contribution in [-0.4, -0.2) is 29.8 Å². The lowest BCUT2D eigenvalue weighted by atomic mass is 10.6. The molecule has 0 atom stereocenters. The summed E-state index contributed by atoms with van der Waals surface area (Å²) in [5.41, 5.74) is -0.219. The Morgan fingerprint density at radius 3 is 2.53 bits per heavy atom. The molecule has 19 heavy (non-hydrogen) atoms. The van der Waals surface area contributed by atoms with Gasteiger partial charge in [-0.1, -0.05) is 11.3 Å². The van der Waals surface area contributed by atoms with E-state index >= 15 is 0 Å². The van der Waals surface area contributed by atoms with Gasteiger partial charge in [0.25, 0.3) is 5.69 Å². The van der Waals surface area contributed by atoms with Crippen molar-refractivity contribution < 1.29 is 13.3 Å². The fourth-order valence-corrected chi connectivity index (χ4v) is 5.56. The normalized spacial score (nSPS) is 11.7. The second-order valence-electron chi connectivity index (χ2n) is 3.46. The summed E-state index contributed by atoms with van der Waals surface area (Å²) >= 11 is 3.22. The fourth-order valence-electron chi connectivity index (χ4n) is 1.13. The van der Waals surface area contributed by atoms with E-state index in [0.29, 0.717) is 8.55 Å². The number of hydrogen-bond donors (Lipinski definition) is 0. The van der Waals surface area contributed by atoms with E-state index in [2.05, 4.69) is 10.2 Å². The van der Waals surface area contributed by atoms with E-state index in [0.717, 1.165) is 40.4 Å². The topological polar surface area (TPSA) is 103 Å². The van der Waals surface area contributed by atoms with Crippen LogP contribution in [0.5, 0.6) is 0 Å². The zero-order chi connectivity index (χ0) is 14.2. The van der Waals surface area contributed by atoms with Gasteiger partial charge >= 0.3 is 0 Å². The summed E-state index contributed by atoms with van der Waals surface area (Å²) in [6, 6.07) is 1.08. The van der Waals surface area contributed by atoms with Gasteiger partial charge in [-0.15, -0.1) is 21.5 Å². The van der Waals surface area contributed by atoms with Crippen molar-refractivity contribution in [3.63, 3.8) is 0 Å². The van der Waals surface area contributed by atoms with Crippen molar-refractivity contribution in [3.8, 4) is 0 Å². The number of nitrogens with zero attached hydrogens (tertiary/aromatic N) is 3. The minimum absolute atomic E-state index is 0.0251. The summed E-state index contributed by atoms with van der Waals surface area (Å²) < 4.78 is 23.7. The van der Waals surface area contributed by atoms with Crippen molar-refractivity contribution in [1.29, 1.82) is 0 Å². The van der Waals surface area contributed by atoms with Crippen molar-refractivity contribution in [2.24, 2.45) is 0 Å². The maximum atomic E-state index is 11.4. The van der Waals surface area contributed by atoms with Crippen LogP contribution in [-0.2, 0) is 9.84 Å². The first-order valence-corrected chi connectivity index (χ1v) is 9.07. The van der Waals surface area contributed by atoms with E-state index in [1.54, 1.807) is 6.92 Å². The van der Waals surface area contributed by atoms with Gasteiger partial charge in [-0.05, 0) is 18.7 Å². The first-order chi connectivity index (χ1) is 8.77. The highest BCUT2D eigenvalue weighted by Gasteiger charge is 2.25. The number of hydrogen-bond acceptors (Lipinski definition) is 9. The Balaban J connectivity index is 2.44. The number of sulfone groups is 1. The van der Waals surface area contributed by atoms with Crippen molar-refractivity contribution in [1.82, 2.24) is 10.2 Å². The van der Waals surface area contributed by atoms with Crippen molar-refractivity contribution in [3.05, 3.63) is 21.2 Å². The first kappa shape index (κ1) is 14.4. The molecule has 0 aliphatic carbocycles. The standard InChI is InChI=1S/C8H7N3O4S4/c1-4-9-10-8(16-4)18-7-5(11(12)13)3-6(17-7)19(2,14)15/h3H,1-2H3. The average Bonchev–Trinajstić information content (AvgIpc) is 2.85. The van der Waals surface area contributed by atoms with Gasteiger partial charge in [0.05, 0.1) is 4.92 Å². The van der Waals surface area contributed by atoms with Gasteiger partial charge in [-0.2, -0.15) is 0 Å². The van der Waals surface area contributed by atoms with E-state index in [1.165, 1.54) is 11.3 Å². The minimum Gasteiger partial charge on any atom is -0.258 e. The van der Waals surface area contributed by atoms with Crippen LogP contribution in [0.3, 0.4) is 0 Å². The molecule has 2 heterocycles. The second-order valence-corrected chi connectivity index (χ2v) is 9.45. The Morgan fingerprint density at radius 2 is 2.05 bits per heavy atom. The monoisotopic (exact) mass is 337 g/mol. The van der Waals surface area contributed by atoms with Crippen LogP contribution in [0.4, 0.5) is 5.69 Å². The number of thiophene rings is 1. The lowest BCUT2D eigenvalue weighted by Gasteiger charge is -1.91. The van der Waals surface area contributed by atoms with E-state index in [4.69, 9.17) is 0 Å². The molecule has 0 saturated heterocycles. The quantitative estimate of drug-likeness (QED) is 0.623. The zero-order valence-electron chi connectivity index (χ0n) is 9.68. The Kier molecular flexibility index (Phi) is 3.90. The Morgan fingerprint density at radius 1 is 1.37 bits per heavy atom. The van der Waals surface area contributed by atoms with Gasteiger partial charge in [0.2, 0.25) is 0 Å². The number of aryl methyl sites for hydroxylation is 1. The zero-order valence-corrected chi connectivity index (χ0v) is 13.0. The largest absolute Gasteiger partial charge is 0.295 e. The minimum atomic E-state index is -3.46. The Hall–Kier alpha value is -1.04. The highest BCUT2D eigenvalue weighted by atomic mass is 32.2. The highest BCUT2D eigenvalue weighted by Crippen LogP contribution is 2.43. The molecule has 0 aromatic carbocycles. The molecule has 11 heteroatoms. The van der Waals surface area contributed by atoms with Gasteiger partial charge in [0, 0.05) is 12.3 Å². The molecule has 0 radical (unpaired) electrons.